The molecule has 1 aromatic heterocycles. The summed E-state index contributed by atoms with van der Waals surface area (Å²) in [5.74, 6) is -0.546. The molecule has 0 aliphatic carbocycles. The lowest BCUT2D eigenvalue weighted by Gasteiger charge is -2.10. The molecule has 0 bridgehead atoms. The lowest BCUT2D eigenvalue weighted by Crippen LogP contribution is -2.14. The molecular formula is C21H17NO5. The van der Waals surface area contributed by atoms with E-state index < -0.39 is 11.9 Å². The topological polar surface area (TPSA) is 85.6 Å². The normalized spacial score (nSPS) is 10.3. The number of carbonyl (C=O) groups excluding carboxylic acids is 3. The summed E-state index contributed by atoms with van der Waals surface area (Å²) in [5.41, 5.74) is 2.09. The van der Waals surface area contributed by atoms with Crippen molar-refractivity contribution in [2.24, 2.45) is 0 Å². The van der Waals surface area contributed by atoms with Crippen LogP contribution >= 0.6 is 0 Å². The van der Waals surface area contributed by atoms with Crippen LogP contribution in [-0.4, -0.2) is 17.7 Å². The molecule has 0 fully saturated rings. The van der Waals surface area contributed by atoms with Gasteiger partial charge in [0.05, 0.1) is 11.8 Å². The number of ketones is 1. The predicted molar refractivity (Wildman–Crippen MR) is 99.2 cm³/mol. The van der Waals surface area contributed by atoms with Crippen LogP contribution < -0.4 is 10.1 Å². The van der Waals surface area contributed by atoms with E-state index in [1.165, 1.54) is 13.2 Å². The third kappa shape index (κ3) is 4.30. The van der Waals surface area contributed by atoms with E-state index in [9.17, 15) is 14.4 Å². The first kappa shape index (κ1) is 18.1. The molecule has 0 atom stereocenters. The fourth-order valence-corrected chi connectivity index (χ4v) is 2.40. The van der Waals surface area contributed by atoms with E-state index in [0.717, 1.165) is 5.56 Å². The Morgan fingerprint density at radius 1 is 0.963 bits per heavy atom. The Morgan fingerprint density at radius 2 is 1.67 bits per heavy atom. The van der Waals surface area contributed by atoms with Crippen molar-refractivity contribution in [1.82, 2.24) is 0 Å². The lowest BCUT2D eigenvalue weighted by molar-refractivity contribution is 0.0734. The van der Waals surface area contributed by atoms with E-state index in [-0.39, 0.29) is 17.1 Å². The van der Waals surface area contributed by atoms with Crippen molar-refractivity contribution < 1.29 is 23.5 Å². The van der Waals surface area contributed by atoms with Gasteiger partial charge in [0.2, 0.25) is 0 Å². The molecule has 27 heavy (non-hydrogen) atoms. The number of aryl methyl sites for hydroxylation is 1. The average Bonchev–Trinajstić information content (AvgIpc) is 3.18. The number of amides is 1. The average molecular weight is 363 g/mol. The fraction of sp³-hybridized carbons (Fsp3) is 0.0952. The summed E-state index contributed by atoms with van der Waals surface area (Å²) in [7, 11) is 0. The van der Waals surface area contributed by atoms with Crippen LogP contribution in [-0.2, 0) is 0 Å². The summed E-state index contributed by atoms with van der Waals surface area (Å²) in [6.07, 6.45) is 1.41. The maximum absolute atomic E-state index is 12.4. The van der Waals surface area contributed by atoms with Crippen molar-refractivity contribution in [1.29, 1.82) is 0 Å². The molecule has 0 aliphatic rings. The van der Waals surface area contributed by atoms with Crippen LogP contribution in [0.2, 0.25) is 0 Å². The summed E-state index contributed by atoms with van der Waals surface area (Å²) >= 11 is 0. The van der Waals surface area contributed by atoms with Gasteiger partial charge in [-0.2, -0.15) is 0 Å². The van der Waals surface area contributed by atoms with E-state index in [4.69, 9.17) is 9.15 Å². The molecule has 0 saturated heterocycles. The number of esters is 1. The molecule has 1 N–H and O–H groups in total. The van der Waals surface area contributed by atoms with E-state index >= 15 is 0 Å². The van der Waals surface area contributed by atoms with E-state index in [1.54, 1.807) is 54.6 Å². The largest absolute Gasteiger partial charge is 0.459 e. The summed E-state index contributed by atoms with van der Waals surface area (Å²) in [4.78, 5) is 35.8. The zero-order chi connectivity index (χ0) is 19.4. The van der Waals surface area contributed by atoms with E-state index in [2.05, 4.69) is 5.32 Å². The molecule has 3 aromatic rings. The van der Waals surface area contributed by atoms with Crippen LogP contribution in [0.25, 0.3) is 0 Å². The molecule has 0 unspecified atom stereocenters. The molecule has 0 spiro atoms. The van der Waals surface area contributed by atoms with Crippen molar-refractivity contribution in [3.8, 4) is 5.75 Å². The van der Waals surface area contributed by atoms with Gasteiger partial charge in [-0.25, -0.2) is 4.79 Å². The quantitative estimate of drug-likeness (QED) is 0.416. The molecule has 0 radical (unpaired) electrons. The standard InChI is InChI=1S/C21H17NO5/c1-13-5-6-16(12-18(13)22-20(24)19-4-3-11-26-19)21(25)27-17-9-7-15(8-10-17)14(2)23/h3-12H,1-2H3,(H,22,24). The molecule has 2 aromatic carbocycles. The summed E-state index contributed by atoms with van der Waals surface area (Å²) in [5, 5.41) is 2.71. The zero-order valence-electron chi connectivity index (χ0n) is 14.8. The van der Waals surface area contributed by atoms with Crippen LogP contribution in [0.5, 0.6) is 5.75 Å². The number of benzene rings is 2. The minimum Gasteiger partial charge on any atom is -0.459 e. The van der Waals surface area contributed by atoms with Gasteiger partial charge in [-0.15, -0.1) is 0 Å². The number of anilines is 1. The van der Waals surface area contributed by atoms with Gasteiger partial charge in [0.15, 0.2) is 11.5 Å². The number of nitrogens with one attached hydrogen (secondary N) is 1. The number of carbonyl (C=O) groups is 3. The molecule has 1 amide bonds. The van der Waals surface area contributed by atoms with Gasteiger partial charge in [-0.1, -0.05) is 6.07 Å². The number of hydrogen-bond acceptors (Lipinski definition) is 5. The monoisotopic (exact) mass is 363 g/mol. The molecule has 0 aliphatic heterocycles. The Bertz CT molecular complexity index is 988. The van der Waals surface area contributed by atoms with Crippen LogP contribution in [0.15, 0.2) is 65.3 Å². The van der Waals surface area contributed by atoms with Gasteiger partial charge >= 0.3 is 5.97 Å². The van der Waals surface area contributed by atoms with Crippen molar-refractivity contribution in [2.45, 2.75) is 13.8 Å². The van der Waals surface area contributed by atoms with Crippen LogP contribution in [0.4, 0.5) is 5.69 Å². The van der Waals surface area contributed by atoms with Crippen molar-refractivity contribution >= 4 is 23.3 Å². The number of hydrogen-bond donors (Lipinski definition) is 1. The van der Waals surface area contributed by atoms with Crippen LogP contribution in [0.1, 0.15) is 43.8 Å². The maximum atomic E-state index is 12.4. The van der Waals surface area contributed by atoms with E-state index in [1.807, 2.05) is 6.92 Å². The maximum Gasteiger partial charge on any atom is 0.343 e. The number of Topliss-reactive ketones (excluding diaryl/α,β-unsaturated/α-hetero) is 1. The molecule has 0 saturated carbocycles. The highest BCUT2D eigenvalue weighted by molar-refractivity contribution is 6.03. The van der Waals surface area contributed by atoms with Crippen LogP contribution in [0, 0.1) is 6.92 Å². The van der Waals surface area contributed by atoms with Crippen molar-refractivity contribution in [2.75, 3.05) is 5.32 Å². The highest BCUT2D eigenvalue weighted by Crippen LogP contribution is 2.20. The molecule has 136 valence electrons. The third-order valence-electron chi connectivity index (χ3n) is 3.94. The van der Waals surface area contributed by atoms with Gasteiger partial charge in [0.1, 0.15) is 5.75 Å². The van der Waals surface area contributed by atoms with Gasteiger partial charge in [-0.3, -0.25) is 9.59 Å². The Labute approximate surface area is 155 Å². The molecule has 1 heterocycles. The Kier molecular flexibility index (Phi) is 5.17. The number of rotatable bonds is 5. The van der Waals surface area contributed by atoms with E-state index in [0.29, 0.717) is 17.0 Å². The Balaban J connectivity index is 1.75. The van der Waals surface area contributed by atoms with Gasteiger partial charge in [0, 0.05) is 11.3 Å². The molecule has 6 nitrogen and oxygen atoms in total. The van der Waals surface area contributed by atoms with Gasteiger partial charge in [0.25, 0.3) is 5.91 Å². The summed E-state index contributed by atoms with van der Waals surface area (Å²) in [6.45, 7) is 3.28. The second-order valence-electron chi connectivity index (χ2n) is 5.93. The molecule has 6 heteroatoms. The summed E-state index contributed by atoms with van der Waals surface area (Å²) in [6, 6.07) is 14.3. The molecule has 3 rings (SSSR count). The highest BCUT2D eigenvalue weighted by Gasteiger charge is 2.14. The lowest BCUT2D eigenvalue weighted by atomic mass is 10.1. The highest BCUT2D eigenvalue weighted by atomic mass is 16.5. The van der Waals surface area contributed by atoms with Crippen molar-refractivity contribution in [3.05, 3.63) is 83.3 Å². The zero-order valence-corrected chi connectivity index (χ0v) is 14.8. The first-order valence-electron chi connectivity index (χ1n) is 8.23. The second kappa shape index (κ2) is 7.70. The number of furan rings is 1. The minimum atomic E-state index is -0.570. The summed E-state index contributed by atoms with van der Waals surface area (Å²) < 4.78 is 10.4. The van der Waals surface area contributed by atoms with Crippen LogP contribution in [0.3, 0.4) is 0 Å². The Hall–Kier alpha value is -3.67. The smallest absolute Gasteiger partial charge is 0.343 e. The first-order valence-corrected chi connectivity index (χ1v) is 8.23. The Morgan fingerprint density at radius 3 is 2.30 bits per heavy atom. The third-order valence-corrected chi connectivity index (χ3v) is 3.94. The van der Waals surface area contributed by atoms with Gasteiger partial charge in [-0.05, 0) is 67.9 Å². The van der Waals surface area contributed by atoms with Gasteiger partial charge < -0.3 is 14.5 Å². The molecular weight excluding hydrogens is 346 g/mol. The SMILES string of the molecule is CC(=O)c1ccc(OC(=O)c2ccc(C)c(NC(=O)c3ccco3)c2)cc1. The fourth-order valence-electron chi connectivity index (χ4n) is 2.40. The number of ether oxygens (including phenoxy) is 1. The van der Waals surface area contributed by atoms with Crippen molar-refractivity contribution in [3.63, 3.8) is 0 Å². The minimum absolute atomic E-state index is 0.0663. The predicted octanol–water partition coefficient (Wildman–Crippen LogP) is 4.26. The second-order valence-corrected chi connectivity index (χ2v) is 5.93. The first-order chi connectivity index (χ1) is 12.9.